The van der Waals surface area contributed by atoms with Crippen LogP contribution in [0.15, 0.2) is 6.33 Å². The zero-order valence-electron chi connectivity index (χ0n) is 7.17. The Bertz CT molecular complexity index is 177. The van der Waals surface area contributed by atoms with Gasteiger partial charge in [0.1, 0.15) is 12.2 Å². The van der Waals surface area contributed by atoms with Gasteiger partial charge in [0, 0.05) is 6.42 Å². The molecule has 0 saturated heterocycles. The Morgan fingerprint density at radius 2 is 2.18 bits per heavy atom. The molecule has 0 aliphatic carbocycles. The molecule has 0 amide bonds. The Labute approximate surface area is 67.2 Å². The molecule has 0 radical (unpaired) electrons. The molecule has 0 atom stereocenters. The van der Waals surface area contributed by atoms with Crippen molar-refractivity contribution >= 4 is 0 Å². The van der Waals surface area contributed by atoms with E-state index in [0.717, 1.165) is 18.2 Å². The summed E-state index contributed by atoms with van der Waals surface area (Å²) < 4.78 is 0. The van der Waals surface area contributed by atoms with Crippen molar-refractivity contribution in [2.75, 3.05) is 0 Å². The Morgan fingerprint density at radius 1 is 1.45 bits per heavy atom. The van der Waals surface area contributed by atoms with Crippen molar-refractivity contribution in [1.82, 2.24) is 15.2 Å². The predicted octanol–water partition coefficient (Wildman–Crippen LogP) is 1.78. The Hall–Kier alpha value is -0.860. The number of hydrogen-bond donors (Lipinski definition) is 1. The van der Waals surface area contributed by atoms with Crippen molar-refractivity contribution in [2.24, 2.45) is 5.92 Å². The molecular formula is C8H15N3. The molecule has 0 spiro atoms. The van der Waals surface area contributed by atoms with Crippen molar-refractivity contribution in [1.29, 1.82) is 0 Å². The van der Waals surface area contributed by atoms with Gasteiger partial charge in [0.05, 0.1) is 0 Å². The van der Waals surface area contributed by atoms with Crippen LogP contribution in [0.4, 0.5) is 0 Å². The second-order valence-corrected chi connectivity index (χ2v) is 2.82. The number of aromatic amines is 1. The van der Waals surface area contributed by atoms with Gasteiger partial charge in [0.2, 0.25) is 0 Å². The number of nitrogens with zero attached hydrogens (tertiary/aromatic N) is 2. The zero-order valence-corrected chi connectivity index (χ0v) is 7.17. The third-order valence-electron chi connectivity index (χ3n) is 2.10. The first-order valence-corrected chi connectivity index (χ1v) is 4.21. The highest BCUT2D eigenvalue weighted by Gasteiger charge is 2.05. The highest BCUT2D eigenvalue weighted by Crippen LogP contribution is 2.11. The lowest BCUT2D eigenvalue weighted by atomic mass is 9.99. The summed E-state index contributed by atoms with van der Waals surface area (Å²) in [6.07, 6.45) is 5.04. The van der Waals surface area contributed by atoms with Crippen LogP contribution in [0.5, 0.6) is 0 Å². The van der Waals surface area contributed by atoms with E-state index in [1.165, 1.54) is 12.8 Å². The zero-order chi connectivity index (χ0) is 8.10. The molecule has 0 saturated carbocycles. The van der Waals surface area contributed by atoms with Crippen molar-refractivity contribution < 1.29 is 0 Å². The van der Waals surface area contributed by atoms with Crippen LogP contribution in [0.3, 0.4) is 0 Å². The van der Waals surface area contributed by atoms with Gasteiger partial charge in [0.15, 0.2) is 0 Å². The molecular weight excluding hydrogens is 138 g/mol. The predicted molar refractivity (Wildman–Crippen MR) is 44.2 cm³/mol. The largest absolute Gasteiger partial charge is 0.263 e. The molecule has 1 rings (SSSR count). The van der Waals surface area contributed by atoms with Crippen LogP contribution in [-0.4, -0.2) is 15.2 Å². The summed E-state index contributed by atoms with van der Waals surface area (Å²) in [6, 6.07) is 0. The number of H-pyrrole nitrogens is 1. The van der Waals surface area contributed by atoms with E-state index in [9.17, 15) is 0 Å². The lowest BCUT2D eigenvalue weighted by molar-refractivity contribution is 0.479. The minimum Gasteiger partial charge on any atom is -0.263 e. The lowest BCUT2D eigenvalue weighted by Crippen LogP contribution is -2.02. The highest BCUT2D eigenvalue weighted by atomic mass is 15.2. The average molecular weight is 153 g/mol. The number of aromatic nitrogens is 3. The van der Waals surface area contributed by atoms with Gasteiger partial charge in [-0.3, -0.25) is 5.10 Å². The Morgan fingerprint density at radius 3 is 2.64 bits per heavy atom. The molecule has 0 aromatic carbocycles. The molecule has 1 aromatic heterocycles. The minimum atomic E-state index is 0.753. The summed E-state index contributed by atoms with van der Waals surface area (Å²) in [6.45, 7) is 4.43. The molecule has 0 bridgehead atoms. The third-order valence-corrected chi connectivity index (χ3v) is 2.10. The van der Waals surface area contributed by atoms with Gasteiger partial charge in [0.25, 0.3) is 0 Å². The molecule has 0 aliphatic rings. The fraction of sp³-hybridized carbons (Fsp3) is 0.750. The van der Waals surface area contributed by atoms with E-state index >= 15 is 0 Å². The minimum absolute atomic E-state index is 0.753. The summed E-state index contributed by atoms with van der Waals surface area (Å²) in [5, 5.41) is 6.68. The first-order valence-electron chi connectivity index (χ1n) is 4.21. The van der Waals surface area contributed by atoms with Gasteiger partial charge in [-0.2, -0.15) is 5.10 Å². The quantitative estimate of drug-likeness (QED) is 0.716. The van der Waals surface area contributed by atoms with Gasteiger partial charge in [-0.05, 0) is 5.92 Å². The molecule has 1 aromatic rings. The van der Waals surface area contributed by atoms with Crippen LogP contribution in [0.25, 0.3) is 0 Å². The van der Waals surface area contributed by atoms with Gasteiger partial charge in [-0.1, -0.05) is 26.7 Å². The number of hydrogen-bond acceptors (Lipinski definition) is 2. The second kappa shape index (κ2) is 4.11. The van der Waals surface area contributed by atoms with E-state index in [2.05, 4.69) is 29.0 Å². The van der Waals surface area contributed by atoms with Crippen LogP contribution in [0, 0.1) is 5.92 Å². The van der Waals surface area contributed by atoms with Crippen molar-refractivity contribution in [3.63, 3.8) is 0 Å². The molecule has 11 heavy (non-hydrogen) atoms. The van der Waals surface area contributed by atoms with Crippen LogP contribution in [0.1, 0.15) is 32.5 Å². The third kappa shape index (κ3) is 2.33. The summed E-state index contributed by atoms with van der Waals surface area (Å²) in [5.41, 5.74) is 0. The maximum Gasteiger partial charge on any atom is 0.137 e. The first-order chi connectivity index (χ1) is 5.36. The maximum atomic E-state index is 4.09. The monoisotopic (exact) mass is 153 g/mol. The van der Waals surface area contributed by atoms with E-state index in [4.69, 9.17) is 0 Å². The van der Waals surface area contributed by atoms with Crippen LogP contribution in [0.2, 0.25) is 0 Å². The van der Waals surface area contributed by atoms with E-state index in [0.29, 0.717) is 0 Å². The molecule has 0 aliphatic heterocycles. The molecule has 0 unspecified atom stereocenters. The smallest absolute Gasteiger partial charge is 0.137 e. The van der Waals surface area contributed by atoms with Crippen molar-refractivity contribution in [3.8, 4) is 0 Å². The Balaban J connectivity index is 2.41. The molecule has 0 fully saturated rings. The van der Waals surface area contributed by atoms with Crippen LogP contribution < -0.4 is 0 Å². The van der Waals surface area contributed by atoms with E-state index < -0.39 is 0 Å². The molecule has 3 heteroatoms. The Kier molecular flexibility index (Phi) is 3.08. The lowest BCUT2D eigenvalue weighted by Gasteiger charge is -2.08. The standard InChI is InChI=1S/C8H15N3/c1-3-7(4-2)5-8-9-6-10-11-8/h6-7H,3-5H2,1-2H3,(H,9,10,11). The van der Waals surface area contributed by atoms with E-state index in [1.54, 1.807) is 6.33 Å². The SMILES string of the molecule is CCC(CC)Cc1ncn[nH]1. The average Bonchev–Trinajstić information content (AvgIpc) is 2.52. The van der Waals surface area contributed by atoms with Crippen LogP contribution >= 0.6 is 0 Å². The molecule has 62 valence electrons. The summed E-state index contributed by atoms with van der Waals surface area (Å²) >= 11 is 0. The summed E-state index contributed by atoms with van der Waals surface area (Å²) in [5.74, 6) is 1.77. The summed E-state index contributed by atoms with van der Waals surface area (Å²) in [4.78, 5) is 4.09. The topological polar surface area (TPSA) is 41.6 Å². The van der Waals surface area contributed by atoms with Gasteiger partial charge < -0.3 is 0 Å². The summed E-state index contributed by atoms with van der Waals surface area (Å²) in [7, 11) is 0. The molecule has 1 heterocycles. The van der Waals surface area contributed by atoms with Gasteiger partial charge in [-0.25, -0.2) is 4.98 Å². The van der Waals surface area contributed by atoms with Crippen molar-refractivity contribution in [3.05, 3.63) is 12.2 Å². The number of rotatable bonds is 4. The fourth-order valence-electron chi connectivity index (χ4n) is 1.18. The highest BCUT2D eigenvalue weighted by molar-refractivity contribution is 4.82. The van der Waals surface area contributed by atoms with Gasteiger partial charge >= 0.3 is 0 Å². The molecule has 3 nitrogen and oxygen atoms in total. The number of nitrogens with one attached hydrogen (secondary N) is 1. The fourth-order valence-corrected chi connectivity index (χ4v) is 1.18. The maximum absolute atomic E-state index is 4.09. The van der Waals surface area contributed by atoms with E-state index in [-0.39, 0.29) is 0 Å². The van der Waals surface area contributed by atoms with Crippen LogP contribution in [-0.2, 0) is 6.42 Å². The van der Waals surface area contributed by atoms with Gasteiger partial charge in [-0.15, -0.1) is 0 Å². The first kappa shape index (κ1) is 8.24. The van der Waals surface area contributed by atoms with Crippen molar-refractivity contribution in [2.45, 2.75) is 33.1 Å². The second-order valence-electron chi connectivity index (χ2n) is 2.82. The van der Waals surface area contributed by atoms with E-state index in [1.807, 2.05) is 0 Å². The normalized spacial score (nSPS) is 10.8. The molecule has 1 N–H and O–H groups in total.